The van der Waals surface area contributed by atoms with Gasteiger partial charge < -0.3 is 24.4 Å². The van der Waals surface area contributed by atoms with Gasteiger partial charge >= 0.3 is 0 Å². The predicted octanol–water partition coefficient (Wildman–Crippen LogP) is 5.15. The number of carbonyl (C=O) groups is 2. The molecule has 9 heteroatoms. The molecule has 1 aliphatic heterocycles. The van der Waals surface area contributed by atoms with Crippen LogP contribution >= 0.6 is 0 Å². The smallest absolute Gasteiger partial charge is 0.292 e. The van der Waals surface area contributed by atoms with Gasteiger partial charge in [0.1, 0.15) is 11.5 Å². The lowest BCUT2D eigenvalue weighted by Gasteiger charge is -2.29. The molecule has 1 aromatic heterocycles. The van der Waals surface area contributed by atoms with Crippen molar-refractivity contribution in [1.82, 2.24) is 10.1 Å². The summed E-state index contributed by atoms with van der Waals surface area (Å²) < 4.78 is 25.1. The molecule has 0 bridgehead atoms. The maximum absolute atomic E-state index is 14.4. The fourth-order valence-electron chi connectivity index (χ4n) is 4.51. The third-order valence-electron chi connectivity index (χ3n) is 6.62. The number of aromatic nitrogens is 1. The summed E-state index contributed by atoms with van der Waals surface area (Å²) in [5.74, 6) is -1.09. The number of morpholine rings is 1. The number of anilines is 2. The van der Waals surface area contributed by atoms with Crippen LogP contribution in [0.4, 0.5) is 15.8 Å². The van der Waals surface area contributed by atoms with E-state index in [9.17, 15) is 14.0 Å². The van der Waals surface area contributed by atoms with Gasteiger partial charge in [-0.3, -0.25) is 9.59 Å². The highest BCUT2D eigenvalue weighted by Gasteiger charge is 2.20. The summed E-state index contributed by atoms with van der Waals surface area (Å²) in [6.45, 7) is 4.72. The first-order valence-electron chi connectivity index (χ1n) is 12.7. The Morgan fingerprint density at radius 2 is 1.79 bits per heavy atom. The van der Waals surface area contributed by atoms with E-state index in [1.165, 1.54) is 12.1 Å². The Kier molecular flexibility index (Phi) is 7.69. The van der Waals surface area contributed by atoms with Gasteiger partial charge in [-0.05, 0) is 48.4 Å². The number of nitrogens with one attached hydrogen (secondary N) is 1. The van der Waals surface area contributed by atoms with E-state index in [0.717, 1.165) is 11.1 Å². The van der Waals surface area contributed by atoms with Crippen LogP contribution in [0.5, 0.6) is 0 Å². The molecule has 3 aromatic carbocycles. The molecule has 0 unspecified atom stereocenters. The molecular formula is C30H29FN4O4. The number of hydrogen-bond acceptors (Lipinski definition) is 6. The van der Waals surface area contributed by atoms with Crippen molar-refractivity contribution in [3.63, 3.8) is 0 Å². The van der Waals surface area contributed by atoms with Crippen molar-refractivity contribution in [3.8, 4) is 11.3 Å². The summed E-state index contributed by atoms with van der Waals surface area (Å²) in [7, 11) is 1.70. The van der Waals surface area contributed by atoms with Crippen LogP contribution in [-0.4, -0.2) is 55.2 Å². The highest BCUT2D eigenvalue weighted by atomic mass is 19.1. The van der Waals surface area contributed by atoms with Crippen LogP contribution in [0.15, 0.2) is 77.3 Å². The number of carbonyl (C=O) groups excluding carboxylic acids is 2. The fourth-order valence-corrected chi connectivity index (χ4v) is 4.51. The van der Waals surface area contributed by atoms with Crippen LogP contribution < -0.4 is 10.2 Å². The van der Waals surface area contributed by atoms with E-state index < -0.39 is 11.7 Å². The minimum atomic E-state index is -0.481. The Morgan fingerprint density at radius 1 is 1.03 bits per heavy atom. The lowest BCUT2D eigenvalue weighted by molar-refractivity contribution is 0.0743. The van der Waals surface area contributed by atoms with Gasteiger partial charge in [-0.15, -0.1) is 0 Å². The largest absolute Gasteiger partial charge is 0.378 e. The fraction of sp³-hybridized carbons (Fsp3) is 0.233. The van der Waals surface area contributed by atoms with Gasteiger partial charge in [0.2, 0.25) is 5.76 Å². The van der Waals surface area contributed by atoms with Gasteiger partial charge in [0.05, 0.1) is 13.2 Å². The van der Waals surface area contributed by atoms with Gasteiger partial charge in [-0.2, -0.15) is 0 Å². The molecule has 0 radical (unpaired) electrons. The first-order chi connectivity index (χ1) is 18.9. The zero-order valence-corrected chi connectivity index (χ0v) is 21.8. The molecule has 1 fully saturated rings. The molecule has 0 atom stereocenters. The Morgan fingerprint density at radius 3 is 2.56 bits per heavy atom. The molecule has 2 heterocycles. The number of rotatable bonds is 7. The number of nitrogens with zero attached hydrogens (tertiary/aromatic N) is 3. The van der Waals surface area contributed by atoms with Crippen molar-refractivity contribution in [2.45, 2.75) is 13.5 Å². The standard InChI is InChI=1S/C30H29FN4O4/c1-20-8-9-24(32-29(36)22-14-23(31)16-25(15-22)35-10-12-38-13-11-35)17-26(20)27-18-28(39-33-27)30(37)34(2)19-21-6-4-3-5-7-21/h3-9,14-18H,10-13,19H2,1-2H3,(H,32,36). The van der Waals surface area contributed by atoms with E-state index in [1.807, 2.05) is 48.2 Å². The van der Waals surface area contributed by atoms with Gasteiger partial charge in [-0.1, -0.05) is 41.6 Å². The number of aryl methyl sites for hydroxylation is 1. The van der Waals surface area contributed by atoms with Gasteiger partial charge in [0.15, 0.2) is 0 Å². The zero-order valence-electron chi connectivity index (χ0n) is 21.8. The molecular weight excluding hydrogens is 499 g/mol. The normalized spacial score (nSPS) is 13.3. The molecule has 1 saturated heterocycles. The lowest BCUT2D eigenvalue weighted by Crippen LogP contribution is -2.36. The summed E-state index contributed by atoms with van der Waals surface area (Å²) in [5, 5.41) is 6.96. The number of hydrogen-bond donors (Lipinski definition) is 1. The molecule has 0 saturated carbocycles. The zero-order chi connectivity index (χ0) is 27.4. The maximum Gasteiger partial charge on any atom is 0.292 e. The number of amides is 2. The first kappa shape index (κ1) is 26.1. The SMILES string of the molecule is Cc1ccc(NC(=O)c2cc(F)cc(N3CCOCC3)c2)cc1-c1cc(C(=O)N(C)Cc2ccccc2)on1. The average Bonchev–Trinajstić information content (AvgIpc) is 3.44. The number of benzene rings is 3. The molecule has 5 rings (SSSR count). The van der Waals surface area contributed by atoms with Crippen molar-refractivity contribution < 1.29 is 23.2 Å². The minimum Gasteiger partial charge on any atom is -0.378 e. The molecule has 1 aliphatic rings. The van der Waals surface area contributed by atoms with Crippen LogP contribution in [0.1, 0.15) is 32.0 Å². The Labute approximate surface area is 226 Å². The van der Waals surface area contributed by atoms with Gasteiger partial charge in [0.25, 0.3) is 11.8 Å². The van der Waals surface area contributed by atoms with Gasteiger partial charge in [-0.25, -0.2) is 4.39 Å². The second-order valence-corrected chi connectivity index (χ2v) is 9.50. The summed E-state index contributed by atoms with van der Waals surface area (Å²) in [5.41, 5.74) is 4.44. The molecule has 4 aromatic rings. The van der Waals surface area contributed by atoms with Crippen LogP contribution in [0.3, 0.4) is 0 Å². The van der Waals surface area contributed by atoms with Crippen molar-refractivity contribution >= 4 is 23.2 Å². The van der Waals surface area contributed by atoms with Crippen molar-refractivity contribution in [2.24, 2.45) is 0 Å². The minimum absolute atomic E-state index is 0.118. The highest BCUT2D eigenvalue weighted by Crippen LogP contribution is 2.28. The first-order valence-corrected chi connectivity index (χ1v) is 12.7. The summed E-state index contributed by atoms with van der Waals surface area (Å²) in [4.78, 5) is 29.5. The van der Waals surface area contributed by atoms with E-state index in [1.54, 1.807) is 36.2 Å². The number of halogens is 1. The monoisotopic (exact) mass is 528 g/mol. The second kappa shape index (κ2) is 11.5. The average molecular weight is 529 g/mol. The molecule has 8 nitrogen and oxygen atoms in total. The predicted molar refractivity (Wildman–Crippen MR) is 146 cm³/mol. The Hall–Kier alpha value is -4.50. The van der Waals surface area contributed by atoms with Gasteiger partial charge in [0, 0.05) is 55.2 Å². The maximum atomic E-state index is 14.4. The molecule has 0 aliphatic carbocycles. The summed E-state index contributed by atoms with van der Waals surface area (Å²) in [6.07, 6.45) is 0. The topological polar surface area (TPSA) is 87.9 Å². The third kappa shape index (κ3) is 6.15. The van der Waals surface area contributed by atoms with Crippen LogP contribution in [0.25, 0.3) is 11.3 Å². The lowest BCUT2D eigenvalue weighted by atomic mass is 10.0. The molecule has 39 heavy (non-hydrogen) atoms. The Balaban J connectivity index is 1.31. The number of ether oxygens (including phenoxy) is 1. The van der Waals surface area contributed by atoms with E-state index in [2.05, 4.69) is 10.5 Å². The van der Waals surface area contributed by atoms with E-state index in [0.29, 0.717) is 55.5 Å². The van der Waals surface area contributed by atoms with Crippen molar-refractivity contribution in [1.29, 1.82) is 0 Å². The van der Waals surface area contributed by atoms with Crippen molar-refractivity contribution in [3.05, 3.63) is 101 Å². The molecule has 1 N–H and O–H groups in total. The molecule has 0 spiro atoms. The van der Waals surface area contributed by atoms with E-state index in [4.69, 9.17) is 9.26 Å². The second-order valence-electron chi connectivity index (χ2n) is 9.50. The van der Waals surface area contributed by atoms with Crippen molar-refractivity contribution in [2.75, 3.05) is 43.6 Å². The quantitative estimate of drug-likeness (QED) is 0.357. The highest BCUT2D eigenvalue weighted by molar-refractivity contribution is 6.05. The summed E-state index contributed by atoms with van der Waals surface area (Å²) in [6, 6.07) is 21.0. The van der Waals surface area contributed by atoms with E-state index in [-0.39, 0.29) is 17.2 Å². The Bertz CT molecular complexity index is 1480. The van der Waals surface area contributed by atoms with Crippen LogP contribution in [0, 0.1) is 12.7 Å². The van der Waals surface area contributed by atoms with Crippen LogP contribution in [0.2, 0.25) is 0 Å². The third-order valence-corrected chi connectivity index (χ3v) is 6.62. The molecule has 200 valence electrons. The van der Waals surface area contributed by atoms with E-state index >= 15 is 0 Å². The molecule has 2 amide bonds. The van der Waals surface area contributed by atoms with Crippen LogP contribution in [-0.2, 0) is 11.3 Å². The summed E-state index contributed by atoms with van der Waals surface area (Å²) >= 11 is 0.